The second-order valence-electron chi connectivity index (χ2n) is 8.42. The number of rotatable bonds is 4. The van der Waals surface area contributed by atoms with E-state index in [-0.39, 0.29) is 18.8 Å². The topological polar surface area (TPSA) is 114 Å². The average molecular weight is 448 g/mol. The quantitative estimate of drug-likeness (QED) is 0.589. The number of aliphatic hydroxyl groups is 1. The Bertz CT molecular complexity index is 1220. The van der Waals surface area contributed by atoms with Crippen LogP contribution in [-0.4, -0.2) is 37.5 Å². The number of benzene rings is 1. The Hall–Kier alpha value is -3.72. The van der Waals surface area contributed by atoms with E-state index in [1.54, 1.807) is 30.5 Å². The maximum Gasteiger partial charge on any atom is 0.339 e. The third kappa shape index (κ3) is 3.74. The van der Waals surface area contributed by atoms with E-state index in [1.807, 2.05) is 6.07 Å². The van der Waals surface area contributed by atoms with E-state index in [1.165, 1.54) is 18.6 Å². The predicted octanol–water partition coefficient (Wildman–Crippen LogP) is 3.32. The summed E-state index contributed by atoms with van der Waals surface area (Å²) in [6.45, 7) is -0.565. The molecule has 9 heteroatoms. The van der Waals surface area contributed by atoms with Gasteiger partial charge in [-0.3, -0.25) is 15.1 Å². The van der Waals surface area contributed by atoms with Crippen molar-refractivity contribution in [1.29, 1.82) is 0 Å². The van der Waals surface area contributed by atoms with Crippen molar-refractivity contribution in [3.63, 3.8) is 0 Å². The molecule has 1 amide bonds. The Kier molecular flexibility index (Phi) is 5.13. The van der Waals surface area contributed by atoms with Gasteiger partial charge in [-0.1, -0.05) is 18.2 Å². The van der Waals surface area contributed by atoms with Crippen LogP contribution in [0.5, 0.6) is 0 Å². The number of carbonyl (C=O) groups excluding carboxylic acids is 2. The van der Waals surface area contributed by atoms with E-state index in [0.29, 0.717) is 35.1 Å². The maximum atomic E-state index is 12.9. The molecule has 1 spiro atoms. The second-order valence-corrected chi connectivity index (χ2v) is 8.42. The highest BCUT2D eigenvalue weighted by molar-refractivity contribution is 5.97. The van der Waals surface area contributed by atoms with Gasteiger partial charge in [0.15, 0.2) is 0 Å². The second kappa shape index (κ2) is 8.00. The van der Waals surface area contributed by atoms with E-state index < -0.39 is 29.8 Å². The molecule has 0 atom stereocenters. The third-order valence-corrected chi connectivity index (χ3v) is 6.42. The number of hydrogen-bond acceptors (Lipinski definition) is 7. The number of ether oxygens (including phenoxy) is 1. The summed E-state index contributed by atoms with van der Waals surface area (Å²) < 4.78 is 18.6. The van der Waals surface area contributed by atoms with Gasteiger partial charge in [-0.05, 0) is 48.9 Å². The van der Waals surface area contributed by atoms with Crippen LogP contribution in [0.3, 0.4) is 0 Å². The van der Waals surface area contributed by atoms with Gasteiger partial charge in [0.25, 0.3) is 5.91 Å². The molecule has 0 bridgehead atoms. The number of aromatic nitrogens is 3. The Balaban J connectivity index is 1.27. The first kappa shape index (κ1) is 21.1. The number of hydrogen-bond donors (Lipinski definition) is 2. The molecule has 8 nitrogen and oxygen atoms in total. The van der Waals surface area contributed by atoms with Crippen LogP contribution in [0.1, 0.15) is 47.2 Å². The van der Waals surface area contributed by atoms with Crippen LogP contribution < -0.4 is 5.32 Å². The van der Waals surface area contributed by atoms with Gasteiger partial charge < -0.3 is 9.84 Å². The lowest BCUT2D eigenvalue weighted by atomic mass is 9.73. The predicted molar refractivity (Wildman–Crippen MR) is 116 cm³/mol. The SMILES string of the molecule is O=C1O[C@]2(CC[C@](O)(C(=O)Nc3ncc(-c4cccc(CF)c4)cn3)CC2)c2cnccc21. The molecule has 0 radical (unpaired) electrons. The molecule has 2 aromatic heterocycles. The van der Waals surface area contributed by atoms with Gasteiger partial charge in [-0.25, -0.2) is 19.2 Å². The first-order chi connectivity index (χ1) is 15.9. The summed E-state index contributed by atoms with van der Waals surface area (Å²) in [7, 11) is 0. The van der Waals surface area contributed by atoms with Crippen LogP contribution in [0.25, 0.3) is 11.1 Å². The van der Waals surface area contributed by atoms with E-state index >= 15 is 0 Å². The van der Waals surface area contributed by atoms with Crippen molar-refractivity contribution in [3.8, 4) is 11.1 Å². The molecule has 0 unspecified atom stereocenters. The van der Waals surface area contributed by atoms with Crippen molar-refractivity contribution in [2.75, 3.05) is 5.32 Å². The molecule has 3 heterocycles. The maximum absolute atomic E-state index is 12.9. The van der Waals surface area contributed by atoms with E-state index in [2.05, 4.69) is 20.3 Å². The van der Waals surface area contributed by atoms with E-state index in [0.717, 1.165) is 5.56 Å². The van der Waals surface area contributed by atoms with Gasteiger partial charge in [0, 0.05) is 35.9 Å². The number of amides is 1. The van der Waals surface area contributed by atoms with Crippen molar-refractivity contribution in [1.82, 2.24) is 15.0 Å². The van der Waals surface area contributed by atoms with Gasteiger partial charge in [0.05, 0.1) is 5.56 Å². The fourth-order valence-electron chi connectivity index (χ4n) is 4.48. The lowest BCUT2D eigenvalue weighted by molar-refractivity contribution is -0.144. The summed E-state index contributed by atoms with van der Waals surface area (Å²) in [4.78, 5) is 37.5. The number of fused-ring (bicyclic) bond motifs is 2. The average Bonchev–Trinajstić information content (AvgIpc) is 3.13. The molecule has 1 fully saturated rings. The fraction of sp³-hybridized carbons (Fsp3) is 0.292. The fourth-order valence-corrected chi connectivity index (χ4v) is 4.48. The molecule has 3 aromatic rings. The van der Waals surface area contributed by atoms with Gasteiger partial charge in [0.2, 0.25) is 5.95 Å². The minimum absolute atomic E-state index is 0.0564. The monoisotopic (exact) mass is 448 g/mol. The molecule has 2 aliphatic rings. The molecule has 2 N–H and O–H groups in total. The van der Waals surface area contributed by atoms with Crippen molar-refractivity contribution in [2.45, 2.75) is 43.6 Å². The van der Waals surface area contributed by atoms with Crippen LogP contribution in [0.4, 0.5) is 10.3 Å². The Morgan fingerprint density at radius 2 is 1.85 bits per heavy atom. The molecule has 1 aromatic carbocycles. The smallest absolute Gasteiger partial charge is 0.339 e. The van der Waals surface area contributed by atoms with Crippen molar-refractivity contribution in [2.24, 2.45) is 0 Å². The largest absolute Gasteiger partial charge is 0.450 e. The highest BCUT2D eigenvalue weighted by Gasteiger charge is 2.53. The summed E-state index contributed by atoms with van der Waals surface area (Å²) in [6.07, 6.45) is 7.02. The molecule has 1 aliphatic heterocycles. The lowest BCUT2D eigenvalue weighted by Gasteiger charge is -2.40. The molecule has 33 heavy (non-hydrogen) atoms. The van der Waals surface area contributed by atoms with E-state index in [4.69, 9.17) is 4.74 Å². The minimum atomic E-state index is -1.64. The molecule has 0 saturated heterocycles. The van der Waals surface area contributed by atoms with Gasteiger partial charge in [-0.15, -0.1) is 0 Å². The summed E-state index contributed by atoms with van der Waals surface area (Å²) in [5.74, 6) is -0.964. The number of halogens is 1. The number of alkyl halides is 1. The van der Waals surface area contributed by atoms with Crippen molar-refractivity contribution in [3.05, 3.63) is 71.8 Å². The van der Waals surface area contributed by atoms with Crippen LogP contribution in [-0.2, 0) is 21.8 Å². The Labute approximate surface area is 188 Å². The normalized spacial score (nSPS) is 23.8. The number of esters is 1. The van der Waals surface area contributed by atoms with Crippen LogP contribution >= 0.6 is 0 Å². The molecule has 5 rings (SSSR count). The van der Waals surface area contributed by atoms with Crippen molar-refractivity contribution < 1.29 is 23.8 Å². The molecule has 1 saturated carbocycles. The number of carbonyl (C=O) groups is 2. The number of nitrogens with one attached hydrogen (secondary N) is 1. The molecular weight excluding hydrogens is 427 g/mol. The number of anilines is 1. The van der Waals surface area contributed by atoms with Gasteiger partial charge in [-0.2, -0.15) is 0 Å². The number of pyridine rings is 1. The zero-order chi connectivity index (χ0) is 23.1. The lowest BCUT2D eigenvalue weighted by Crippen LogP contribution is -2.49. The molecule has 168 valence electrons. The molecular formula is C24H21FN4O4. The zero-order valence-electron chi connectivity index (χ0n) is 17.6. The molecule has 1 aliphatic carbocycles. The first-order valence-electron chi connectivity index (χ1n) is 10.6. The Morgan fingerprint density at radius 1 is 1.09 bits per heavy atom. The van der Waals surface area contributed by atoms with E-state index in [9.17, 15) is 19.1 Å². The standard InChI is InChI=1S/C24H21FN4O4/c25-11-15-2-1-3-16(10-15)17-12-27-22(28-13-17)29-21(31)23(32)5-7-24(8-6-23)19-14-26-9-4-18(19)20(30)33-24/h1-4,9-10,12-14,32H,5-8,11H2,(H,27,28,29,31)/t23-,24+. The first-order valence-corrected chi connectivity index (χ1v) is 10.6. The summed E-state index contributed by atoms with van der Waals surface area (Å²) in [5.41, 5.74) is 0.670. The van der Waals surface area contributed by atoms with Gasteiger partial charge in [0.1, 0.15) is 17.9 Å². The highest BCUT2D eigenvalue weighted by Crippen LogP contribution is 2.49. The zero-order valence-corrected chi connectivity index (χ0v) is 17.6. The minimum Gasteiger partial charge on any atom is -0.450 e. The number of nitrogens with zero attached hydrogens (tertiary/aromatic N) is 3. The van der Waals surface area contributed by atoms with Crippen molar-refractivity contribution >= 4 is 17.8 Å². The third-order valence-electron chi connectivity index (χ3n) is 6.42. The van der Waals surface area contributed by atoms with Crippen LogP contribution in [0.15, 0.2) is 55.1 Å². The summed E-state index contributed by atoms with van der Waals surface area (Å²) in [6, 6.07) is 8.59. The Morgan fingerprint density at radius 3 is 2.58 bits per heavy atom. The summed E-state index contributed by atoms with van der Waals surface area (Å²) in [5, 5.41) is 13.6. The van der Waals surface area contributed by atoms with Crippen LogP contribution in [0, 0.1) is 0 Å². The highest BCUT2D eigenvalue weighted by atomic mass is 19.1. The van der Waals surface area contributed by atoms with Gasteiger partial charge >= 0.3 is 5.97 Å². The van der Waals surface area contributed by atoms with Crippen LogP contribution in [0.2, 0.25) is 0 Å². The summed E-state index contributed by atoms with van der Waals surface area (Å²) >= 11 is 0.